The summed E-state index contributed by atoms with van der Waals surface area (Å²) in [6.07, 6.45) is 3.10. The van der Waals surface area contributed by atoms with E-state index < -0.39 is 0 Å². The van der Waals surface area contributed by atoms with Crippen molar-refractivity contribution in [2.24, 2.45) is 5.92 Å². The third-order valence-corrected chi connectivity index (χ3v) is 5.12. The molecule has 0 saturated carbocycles. The molecule has 0 unspecified atom stereocenters. The summed E-state index contributed by atoms with van der Waals surface area (Å²) in [5.74, 6) is 1.47. The lowest BCUT2D eigenvalue weighted by molar-refractivity contribution is 0.167. The average Bonchev–Trinajstić information content (AvgIpc) is 3.00. The predicted molar refractivity (Wildman–Crippen MR) is 101 cm³/mol. The number of aromatic nitrogens is 3. The molecule has 2 aromatic heterocycles. The van der Waals surface area contributed by atoms with Gasteiger partial charge in [0.2, 0.25) is 0 Å². The molecule has 142 valence electrons. The van der Waals surface area contributed by atoms with E-state index in [0.717, 1.165) is 62.6 Å². The van der Waals surface area contributed by atoms with E-state index >= 15 is 0 Å². The smallest absolute Gasteiger partial charge is 0.266 e. The van der Waals surface area contributed by atoms with Crippen LogP contribution in [0.1, 0.15) is 50.8 Å². The Balaban J connectivity index is 1.52. The standard InChI is InChI=1S/C20H30N4O2/c1-15-13-17(26-22-15)9-12-23-10-7-16(8-11-23)14-24-19(25)6-5-18(21-24)20(2,3)4/h5-6,13,16H,7-12,14H2,1-4H3. The van der Waals surface area contributed by atoms with Gasteiger partial charge in [-0.2, -0.15) is 5.10 Å². The zero-order chi connectivity index (χ0) is 18.7. The van der Waals surface area contributed by atoms with Gasteiger partial charge < -0.3 is 9.42 Å². The van der Waals surface area contributed by atoms with Crippen molar-refractivity contribution in [3.63, 3.8) is 0 Å². The summed E-state index contributed by atoms with van der Waals surface area (Å²) >= 11 is 0. The van der Waals surface area contributed by atoms with Crippen molar-refractivity contribution < 1.29 is 4.52 Å². The van der Waals surface area contributed by atoms with Crippen molar-refractivity contribution >= 4 is 0 Å². The van der Waals surface area contributed by atoms with E-state index in [-0.39, 0.29) is 11.0 Å². The first-order chi connectivity index (χ1) is 12.3. The third kappa shape index (κ3) is 4.81. The topological polar surface area (TPSA) is 64.2 Å². The molecule has 6 nitrogen and oxygen atoms in total. The largest absolute Gasteiger partial charge is 0.361 e. The summed E-state index contributed by atoms with van der Waals surface area (Å²) in [7, 11) is 0. The van der Waals surface area contributed by atoms with E-state index in [2.05, 4.69) is 35.9 Å². The monoisotopic (exact) mass is 358 g/mol. The first kappa shape index (κ1) is 18.8. The Morgan fingerprint density at radius 1 is 1.23 bits per heavy atom. The van der Waals surface area contributed by atoms with E-state index in [1.807, 2.05) is 19.1 Å². The Labute approximate surface area is 155 Å². The number of hydrogen-bond acceptors (Lipinski definition) is 5. The summed E-state index contributed by atoms with van der Waals surface area (Å²) in [4.78, 5) is 14.6. The Morgan fingerprint density at radius 3 is 2.58 bits per heavy atom. The molecular weight excluding hydrogens is 328 g/mol. The molecular formula is C20H30N4O2. The molecule has 0 atom stereocenters. The van der Waals surface area contributed by atoms with E-state index in [9.17, 15) is 4.79 Å². The van der Waals surface area contributed by atoms with Crippen LogP contribution in [0.5, 0.6) is 0 Å². The molecule has 1 aliphatic heterocycles. The van der Waals surface area contributed by atoms with Crippen LogP contribution >= 0.6 is 0 Å². The highest BCUT2D eigenvalue weighted by atomic mass is 16.5. The quantitative estimate of drug-likeness (QED) is 0.822. The van der Waals surface area contributed by atoms with Gasteiger partial charge >= 0.3 is 0 Å². The minimum atomic E-state index is -0.0438. The summed E-state index contributed by atoms with van der Waals surface area (Å²) < 4.78 is 6.95. The lowest BCUT2D eigenvalue weighted by atomic mass is 9.92. The second-order valence-electron chi connectivity index (χ2n) is 8.46. The fraction of sp³-hybridized carbons (Fsp3) is 0.650. The lowest BCUT2D eigenvalue weighted by Gasteiger charge is -2.31. The van der Waals surface area contributed by atoms with Crippen molar-refractivity contribution in [2.75, 3.05) is 19.6 Å². The molecule has 6 heteroatoms. The van der Waals surface area contributed by atoms with Gasteiger partial charge in [0.1, 0.15) is 5.76 Å². The summed E-state index contributed by atoms with van der Waals surface area (Å²) in [6.45, 7) is 12.2. The van der Waals surface area contributed by atoms with Crippen LogP contribution < -0.4 is 5.56 Å². The molecule has 1 aliphatic rings. The molecule has 26 heavy (non-hydrogen) atoms. The van der Waals surface area contributed by atoms with Crippen molar-refractivity contribution in [3.05, 3.63) is 45.7 Å². The Hall–Kier alpha value is -1.95. The molecule has 3 heterocycles. The van der Waals surface area contributed by atoms with Crippen molar-refractivity contribution in [3.8, 4) is 0 Å². The van der Waals surface area contributed by atoms with Crippen molar-refractivity contribution in [2.45, 2.75) is 58.9 Å². The Bertz CT molecular complexity index is 780. The van der Waals surface area contributed by atoms with E-state index in [4.69, 9.17) is 4.52 Å². The van der Waals surface area contributed by atoms with Crippen molar-refractivity contribution in [1.29, 1.82) is 0 Å². The SMILES string of the molecule is Cc1cc(CCN2CCC(Cn3nc(C(C)(C)C)ccc3=O)CC2)on1. The molecule has 3 rings (SSSR count). The van der Waals surface area contributed by atoms with Crippen LogP contribution in [0, 0.1) is 12.8 Å². The van der Waals surface area contributed by atoms with E-state index in [1.165, 1.54) is 0 Å². The summed E-state index contributed by atoms with van der Waals surface area (Å²) in [5, 5.41) is 8.55. The molecule has 1 fully saturated rings. The highest BCUT2D eigenvalue weighted by molar-refractivity contribution is 5.10. The highest BCUT2D eigenvalue weighted by Crippen LogP contribution is 2.21. The maximum atomic E-state index is 12.2. The highest BCUT2D eigenvalue weighted by Gasteiger charge is 2.22. The van der Waals surface area contributed by atoms with Gasteiger partial charge in [-0.3, -0.25) is 4.79 Å². The predicted octanol–water partition coefficient (Wildman–Crippen LogP) is 2.79. The first-order valence-electron chi connectivity index (χ1n) is 9.54. The van der Waals surface area contributed by atoms with Gasteiger partial charge in [0.05, 0.1) is 11.4 Å². The van der Waals surface area contributed by atoms with Crippen molar-refractivity contribution in [1.82, 2.24) is 19.8 Å². The lowest BCUT2D eigenvalue weighted by Crippen LogP contribution is -2.38. The molecule has 0 radical (unpaired) electrons. The maximum absolute atomic E-state index is 12.2. The Kier molecular flexibility index (Phi) is 5.61. The number of likely N-dealkylation sites (tertiary alicyclic amines) is 1. The van der Waals surface area contributed by atoms with Gasteiger partial charge in [0.15, 0.2) is 0 Å². The molecule has 0 bridgehead atoms. The zero-order valence-electron chi connectivity index (χ0n) is 16.4. The summed E-state index contributed by atoms with van der Waals surface area (Å²) in [6, 6.07) is 5.52. The van der Waals surface area contributed by atoms with Gasteiger partial charge in [0.25, 0.3) is 5.56 Å². The van der Waals surface area contributed by atoms with E-state index in [0.29, 0.717) is 5.92 Å². The molecule has 0 aromatic carbocycles. The van der Waals surface area contributed by atoms with Crippen LogP contribution in [-0.2, 0) is 18.4 Å². The molecule has 0 spiro atoms. The fourth-order valence-corrected chi connectivity index (χ4v) is 3.42. The third-order valence-electron chi connectivity index (χ3n) is 5.12. The van der Waals surface area contributed by atoms with Crippen LogP contribution in [0.3, 0.4) is 0 Å². The molecule has 2 aromatic rings. The van der Waals surface area contributed by atoms with Crippen LogP contribution in [-0.4, -0.2) is 39.5 Å². The number of piperidine rings is 1. The number of hydrogen-bond donors (Lipinski definition) is 0. The van der Waals surface area contributed by atoms with Gasteiger partial charge in [0, 0.05) is 37.1 Å². The zero-order valence-corrected chi connectivity index (χ0v) is 16.4. The number of nitrogens with zero attached hydrogens (tertiary/aromatic N) is 4. The molecule has 0 aliphatic carbocycles. The average molecular weight is 358 g/mol. The van der Waals surface area contributed by atoms with Gasteiger partial charge in [-0.05, 0) is 44.8 Å². The van der Waals surface area contributed by atoms with Crippen LogP contribution in [0.2, 0.25) is 0 Å². The van der Waals surface area contributed by atoms with Gasteiger partial charge in [-0.15, -0.1) is 0 Å². The first-order valence-corrected chi connectivity index (χ1v) is 9.54. The van der Waals surface area contributed by atoms with Gasteiger partial charge in [-0.25, -0.2) is 4.68 Å². The normalized spacial score (nSPS) is 16.9. The minimum absolute atomic E-state index is 0.00104. The van der Waals surface area contributed by atoms with Crippen LogP contribution in [0.25, 0.3) is 0 Å². The van der Waals surface area contributed by atoms with E-state index in [1.54, 1.807) is 10.7 Å². The Morgan fingerprint density at radius 2 is 1.96 bits per heavy atom. The number of rotatable bonds is 5. The van der Waals surface area contributed by atoms with Gasteiger partial charge in [-0.1, -0.05) is 25.9 Å². The maximum Gasteiger partial charge on any atom is 0.266 e. The molecule has 1 saturated heterocycles. The van der Waals surface area contributed by atoms with Crippen LogP contribution in [0.4, 0.5) is 0 Å². The second kappa shape index (κ2) is 7.74. The minimum Gasteiger partial charge on any atom is -0.361 e. The summed E-state index contributed by atoms with van der Waals surface area (Å²) in [5.41, 5.74) is 1.87. The second-order valence-corrected chi connectivity index (χ2v) is 8.46. The molecule has 0 amide bonds. The molecule has 0 N–H and O–H groups in total. The number of aryl methyl sites for hydroxylation is 1. The van der Waals surface area contributed by atoms with Crippen LogP contribution in [0.15, 0.2) is 27.5 Å². The fourth-order valence-electron chi connectivity index (χ4n) is 3.42.